The molecular formula is C21H31ClN6O. The normalized spacial score (nSPS) is 11.7. The maximum absolute atomic E-state index is 12.2. The molecule has 0 saturated heterocycles. The van der Waals surface area contributed by atoms with Gasteiger partial charge in [0.1, 0.15) is 0 Å². The highest BCUT2D eigenvalue weighted by atomic mass is 35.5. The van der Waals surface area contributed by atoms with Crippen LogP contribution in [0.1, 0.15) is 43.0 Å². The molecule has 1 amide bonds. The van der Waals surface area contributed by atoms with Crippen LogP contribution in [0.5, 0.6) is 0 Å². The minimum Gasteiger partial charge on any atom is -0.356 e. The summed E-state index contributed by atoms with van der Waals surface area (Å²) in [6, 6.07) is 5.56. The monoisotopic (exact) mass is 418 g/mol. The van der Waals surface area contributed by atoms with Crippen LogP contribution < -0.4 is 10.6 Å². The molecule has 2 N–H and O–H groups in total. The third-order valence-corrected chi connectivity index (χ3v) is 4.81. The van der Waals surface area contributed by atoms with E-state index in [2.05, 4.69) is 34.6 Å². The Morgan fingerprint density at radius 2 is 2.10 bits per heavy atom. The Morgan fingerprint density at radius 1 is 1.38 bits per heavy atom. The summed E-state index contributed by atoms with van der Waals surface area (Å²) in [5, 5.41) is 11.2. The van der Waals surface area contributed by atoms with Crippen LogP contribution in [0.3, 0.4) is 0 Å². The van der Waals surface area contributed by atoms with Gasteiger partial charge in [0.25, 0.3) is 0 Å². The van der Waals surface area contributed by atoms with Crippen molar-refractivity contribution in [2.45, 2.75) is 39.7 Å². The van der Waals surface area contributed by atoms with Gasteiger partial charge in [-0.25, -0.2) is 0 Å². The summed E-state index contributed by atoms with van der Waals surface area (Å²) in [5.74, 6) is 0.979. The first-order valence-corrected chi connectivity index (χ1v) is 10.1. The molecule has 1 aromatic carbocycles. The molecular weight excluding hydrogens is 388 g/mol. The second-order valence-corrected chi connectivity index (χ2v) is 7.89. The van der Waals surface area contributed by atoms with Crippen LogP contribution in [0.2, 0.25) is 5.02 Å². The van der Waals surface area contributed by atoms with Gasteiger partial charge >= 0.3 is 0 Å². The van der Waals surface area contributed by atoms with Crippen LogP contribution in [0.15, 0.2) is 29.4 Å². The molecule has 2 rings (SSSR count). The van der Waals surface area contributed by atoms with Gasteiger partial charge in [-0.3, -0.25) is 14.5 Å². The lowest BCUT2D eigenvalue weighted by molar-refractivity contribution is -0.116. The van der Waals surface area contributed by atoms with Crippen molar-refractivity contribution in [1.82, 2.24) is 20.0 Å². The van der Waals surface area contributed by atoms with E-state index in [0.717, 1.165) is 17.2 Å². The number of halogens is 1. The van der Waals surface area contributed by atoms with Crippen molar-refractivity contribution < 1.29 is 4.79 Å². The van der Waals surface area contributed by atoms with Crippen molar-refractivity contribution in [2.75, 3.05) is 26.0 Å². The molecule has 0 aliphatic rings. The predicted molar refractivity (Wildman–Crippen MR) is 120 cm³/mol. The summed E-state index contributed by atoms with van der Waals surface area (Å²) in [6.07, 6.45) is 2.35. The number of hydrogen-bond donors (Lipinski definition) is 2. The molecule has 0 saturated carbocycles. The van der Waals surface area contributed by atoms with Crippen molar-refractivity contribution in [1.29, 1.82) is 0 Å². The standard InChI is InChI=1S/C21H31ClN6O/c1-14(2)20-16(13-28(6)26-20)12-27(5)21(23-4)24-10-9-19(29)25-18-8-7-15(3)11-17(18)22/h7-8,11,13-14H,9-10,12H2,1-6H3,(H,23,24)(H,25,29). The SMILES string of the molecule is CN=C(NCCC(=O)Nc1ccc(C)cc1Cl)N(C)Cc1cn(C)nc1C(C)C. The second kappa shape index (κ2) is 10.3. The molecule has 8 heteroatoms. The van der Waals surface area contributed by atoms with E-state index in [1.807, 2.05) is 55.0 Å². The molecule has 0 spiro atoms. The highest BCUT2D eigenvalue weighted by Crippen LogP contribution is 2.22. The highest BCUT2D eigenvalue weighted by Gasteiger charge is 2.15. The van der Waals surface area contributed by atoms with Crippen LogP contribution in [-0.4, -0.2) is 47.2 Å². The molecule has 0 unspecified atom stereocenters. The van der Waals surface area contributed by atoms with Crippen molar-refractivity contribution in [2.24, 2.45) is 12.0 Å². The first-order chi connectivity index (χ1) is 13.7. The largest absolute Gasteiger partial charge is 0.356 e. The van der Waals surface area contributed by atoms with E-state index in [9.17, 15) is 4.79 Å². The number of nitrogens with zero attached hydrogens (tertiary/aromatic N) is 4. The minimum absolute atomic E-state index is 0.101. The van der Waals surface area contributed by atoms with Crippen molar-refractivity contribution in [3.63, 3.8) is 0 Å². The predicted octanol–water partition coefficient (Wildman–Crippen LogP) is 3.54. The Morgan fingerprint density at radius 3 is 2.72 bits per heavy atom. The molecule has 0 bridgehead atoms. The second-order valence-electron chi connectivity index (χ2n) is 7.48. The number of aryl methyl sites for hydroxylation is 2. The number of aromatic nitrogens is 2. The molecule has 2 aromatic rings. The number of carbonyl (C=O) groups is 1. The first-order valence-electron chi connectivity index (χ1n) is 9.71. The maximum atomic E-state index is 12.2. The van der Waals surface area contributed by atoms with Crippen LogP contribution >= 0.6 is 11.6 Å². The van der Waals surface area contributed by atoms with Gasteiger partial charge < -0.3 is 15.5 Å². The number of amides is 1. The molecule has 1 heterocycles. The van der Waals surface area contributed by atoms with Crippen molar-refractivity contribution in [3.05, 3.63) is 46.2 Å². The van der Waals surface area contributed by atoms with Crippen LogP contribution in [-0.2, 0) is 18.4 Å². The molecule has 1 aromatic heterocycles. The quantitative estimate of drug-likeness (QED) is 0.532. The first kappa shape index (κ1) is 22.7. The van der Waals surface area contributed by atoms with E-state index < -0.39 is 0 Å². The number of benzene rings is 1. The average Bonchev–Trinajstić information content (AvgIpc) is 3.01. The summed E-state index contributed by atoms with van der Waals surface area (Å²) in [5.41, 5.74) is 3.93. The molecule has 7 nitrogen and oxygen atoms in total. The molecule has 0 radical (unpaired) electrons. The van der Waals surface area contributed by atoms with Crippen molar-refractivity contribution >= 4 is 29.2 Å². The van der Waals surface area contributed by atoms with Crippen molar-refractivity contribution in [3.8, 4) is 0 Å². The van der Waals surface area contributed by atoms with E-state index >= 15 is 0 Å². The number of guanidine groups is 1. The summed E-state index contributed by atoms with van der Waals surface area (Å²) >= 11 is 6.17. The molecule has 29 heavy (non-hydrogen) atoms. The fraction of sp³-hybridized carbons (Fsp3) is 0.476. The van der Waals surface area contributed by atoms with E-state index in [4.69, 9.17) is 11.6 Å². The smallest absolute Gasteiger partial charge is 0.226 e. The number of hydrogen-bond acceptors (Lipinski definition) is 3. The van der Waals surface area contributed by atoms with Gasteiger partial charge in [0, 0.05) is 52.4 Å². The van der Waals surface area contributed by atoms with E-state index in [1.54, 1.807) is 7.05 Å². The average molecular weight is 419 g/mol. The summed E-state index contributed by atoms with van der Waals surface area (Å²) in [7, 11) is 5.64. The van der Waals surface area contributed by atoms with E-state index in [-0.39, 0.29) is 5.91 Å². The zero-order chi connectivity index (χ0) is 21.6. The van der Waals surface area contributed by atoms with Gasteiger partial charge in [0.15, 0.2) is 5.96 Å². The van der Waals surface area contributed by atoms with Crippen LogP contribution in [0.4, 0.5) is 5.69 Å². The molecule has 158 valence electrons. The Balaban J connectivity index is 1.87. The topological polar surface area (TPSA) is 74.6 Å². The maximum Gasteiger partial charge on any atom is 0.226 e. The Kier molecular flexibility index (Phi) is 8.08. The van der Waals surface area contributed by atoms with Crippen LogP contribution in [0, 0.1) is 6.92 Å². The number of anilines is 1. The minimum atomic E-state index is -0.101. The Labute approximate surface area is 178 Å². The van der Waals surface area contributed by atoms with Gasteiger partial charge in [-0.2, -0.15) is 5.10 Å². The zero-order valence-corrected chi connectivity index (χ0v) is 18.8. The highest BCUT2D eigenvalue weighted by molar-refractivity contribution is 6.33. The van der Waals surface area contributed by atoms with E-state index in [0.29, 0.717) is 36.1 Å². The Bertz CT molecular complexity index is 874. The van der Waals surface area contributed by atoms with Gasteiger partial charge in [0.05, 0.1) is 16.4 Å². The number of nitrogens with one attached hydrogen (secondary N) is 2. The summed E-state index contributed by atoms with van der Waals surface area (Å²) in [6.45, 7) is 7.39. The lowest BCUT2D eigenvalue weighted by Gasteiger charge is -2.22. The van der Waals surface area contributed by atoms with Crippen LogP contribution in [0.25, 0.3) is 0 Å². The third kappa shape index (κ3) is 6.49. The molecule has 0 fully saturated rings. The molecule has 0 aliphatic carbocycles. The van der Waals surface area contributed by atoms with Gasteiger partial charge in [-0.05, 0) is 30.5 Å². The summed E-state index contributed by atoms with van der Waals surface area (Å²) < 4.78 is 1.84. The Hall–Kier alpha value is -2.54. The number of aliphatic imine (C=N–C) groups is 1. The van der Waals surface area contributed by atoms with E-state index in [1.165, 1.54) is 5.56 Å². The van der Waals surface area contributed by atoms with Gasteiger partial charge in [0.2, 0.25) is 5.91 Å². The van der Waals surface area contributed by atoms with Gasteiger partial charge in [-0.15, -0.1) is 0 Å². The lowest BCUT2D eigenvalue weighted by Crippen LogP contribution is -2.39. The van der Waals surface area contributed by atoms with Gasteiger partial charge in [-0.1, -0.05) is 31.5 Å². The summed E-state index contributed by atoms with van der Waals surface area (Å²) in [4.78, 5) is 18.6. The molecule has 0 aliphatic heterocycles. The zero-order valence-electron chi connectivity index (χ0n) is 18.1. The lowest BCUT2D eigenvalue weighted by atomic mass is 10.1. The third-order valence-electron chi connectivity index (χ3n) is 4.50. The fourth-order valence-electron chi connectivity index (χ4n) is 3.10. The number of carbonyl (C=O) groups excluding carboxylic acids is 1. The number of rotatable bonds is 7. The fourth-order valence-corrected chi connectivity index (χ4v) is 3.38. The molecule has 0 atom stereocenters.